The largest absolute Gasteiger partial charge is 0.385 e. The quantitative estimate of drug-likeness (QED) is 0.341. The molecule has 3 aromatic rings. The van der Waals surface area contributed by atoms with Gasteiger partial charge in [0.15, 0.2) is 5.16 Å². The number of hydrogen-bond donors (Lipinski definition) is 0. The molecule has 0 saturated carbocycles. The first-order valence-corrected chi connectivity index (χ1v) is 10.7. The van der Waals surface area contributed by atoms with Gasteiger partial charge in [0, 0.05) is 32.5 Å². The van der Waals surface area contributed by atoms with Crippen LogP contribution in [0.15, 0.2) is 58.5 Å². The van der Waals surface area contributed by atoms with Crippen LogP contribution in [0.25, 0.3) is 10.9 Å². The molecule has 7 heteroatoms. The van der Waals surface area contributed by atoms with Gasteiger partial charge in [-0.05, 0) is 36.6 Å². The molecule has 1 aliphatic heterocycles. The molecular formula is C22H23N3O3S. The van der Waals surface area contributed by atoms with Crippen LogP contribution >= 0.6 is 11.8 Å². The van der Waals surface area contributed by atoms with E-state index in [1.165, 1.54) is 17.3 Å². The second-order valence-corrected chi connectivity index (χ2v) is 7.87. The Morgan fingerprint density at radius 1 is 1.17 bits per heavy atom. The highest BCUT2D eigenvalue weighted by Gasteiger charge is 2.24. The van der Waals surface area contributed by atoms with E-state index in [-0.39, 0.29) is 17.2 Å². The van der Waals surface area contributed by atoms with Gasteiger partial charge >= 0.3 is 0 Å². The van der Waals surface area contributed by atoms with Crippen LogP contribution < -0.4 is 10.5 Å². The highest BCUT2D eigenvalue weighted by atomic mass is 32.2. The zero-order chi connectivity index (χ0) is 20.2. The molecule has 0 atom stereocenters. The van der Waals surface area contributed by atoms with Crippen molar-refractivity contribution in [1.29, 1.82) is 0 Å². The van der Waals surface area contributed by atoms with Crippen molar-refractivity contribution in [3.63, 3.8) is 0 Å². The van der Waals surface area contributed by atoms with Crippen molar-refractivity contribution in [2.75, 3.05) is 30.9 Å². The Morgan fingerprint density at radius 2 is 1.97 bits per heavy atom. The average molecular weight is 410 g/mol. The Bertz CT molecular complexity index is 1100. The third-order valence-electron chi connectivity index (χ3n) is 5.07. The number of ether oxygens (including phenoxy) is 1. The lowest BCUT2D eigenvalue weighted by molar-refractivity contribution is -0.116. The number of carbonyl (C=O) groups is 1. The predicted octanol–water partition coefficient (Wildman–Crippen LogP) is 3.11. The molecule has 1 amide bonds. The van der Waals surface area contributed by atoms with Crippen LogP contribution in [-0.2, 0) is 22.5 Å². The highest BCUT2D eigenvalue weighted by Crippen LogP contribution is 2.28. The van der Waals surface area contributed by atoms with Crippen molar-refractivity contribution in [3.8, 4) is 0 Å². The summed E-state index contributed by atoms with van der Waals surface area (Å²) in [6, 6.07) is 15.3. The molecule has 0 radical (unpaired) electrons. The van der Waals surface area contributed by atoms with E-state index in [9.17, 15) is 9.59 Å². The lowest BCUT2D eigenvalue weighted by Gasteiger charge is -2.18. The van der Waals surface area contributed by atoms with E-state index >= 15 is 0 Å². The molecule has 0 fully saturated rings. The van der Waals surface area contributed by atoms with E-state index in [0.717, 1.165) is 12.1 Å². The lowest BCUT2D eigenvalue weighted by Crippen LogP contribution is -2.31. The van der Waals surface area contributed by atoms with Gasteiger partial charge in [-0.2, -0.15) is 0 Å². The number of rotatable bonds is 7. The topological polar surface area (TPSA) is 64.4 Å². The summed E-state index contributed by atoms with van der Waals surface area (Å²) in [4.78, 5) is 32.4. The lowest BCUT2D eigenvalue weighted by atomic mass is 10.2. The van der Waals surface area contributed by atoms with Crippen molar-refractivity contribution < 1.29 is 9.53 Å². The van der Waals surface area contributed by atoms with Crippen molar-refractivity contribution in [2.24, 2.45) is 0 Å². The van der Waals surface area contributed by atoms with Crippen molar-refractivity contribution in [1.82, 2.24) is 9.55 Å². The zero-order valence-electron chi connectivity index (χ0n) is 16.3. The van der Waals surface area contributed by atoms with Gasteiger partial charge in [0.2, 0.25) is 5.91 Å². The SMILES string of the molecule is COCCCn1c(SCC(=O)N2CCc3ccccc32)nc2ccccc2c1=O. The number of carbonyl (C=O) groups excluding carboxylic acids is 1. The summed E-state index contributed by atoms with van der Waals surface area (Å²) in [5.41, 5.74) is 2.77. The smallest absolute Gasteiger partial charge is 0.262 e. The van der Waals surface area contributed by atoms with Gasteiger partial charge in [0.1, 0.15) is 0 Å². The molecule has 2 heterocycles. The zero-order valence-corrected chi connectivity index (χ0v) is 17.2. The van der Waals surface area contributed by atoms with Gasteiger partial charge in [0.25, 0.3) is 5.56 Å². The van der Waals surface area contributed by atoms with E-state index in [4.69, 9.17) is 4.74 Å². The third-order valence-corrected chi connectivity index (χ3v) is 6.03. The van der Waals surface area contributed by atoms with Crippen LogP contribution in [0, 0.1) is 0 Å². The summed E-state index contributed by atoms with van der Waals surface area (Å²) >= 11 is 1.32. The number of benzene rings is 2. The monoisotopic (exact) mass is 409 g/mol. The van der Waals surface area contributed by atoms with Crippen LogP contribution in [0.3, 0.4) is 0 Å². The van der Waals surface area contributed by atoms with Gasteiger partial charge in [-0.25, -0.2) is 4.98 Å². The molecule has 4 rings (SSSR count). The second-order valence-electron chi connectivity index (χ2n) is 6.93. The molecule has 0 unspecified atom stereocenters. The standard InChI is InChI=1S/C22H23N3O3S/c1-28-14-6-12-25-21(27)17-8-3-4-9-18(17)23-22(25)29-15-20(26)24-13-11-16-7-2-5-10-19(16)24/h2-5,7-10H,6,11-15H2,1H3. The maximum absolute atomic E-state index is 13.0. The number of anilines is 1. The maximum atomic E-state index is 13.0. The van der Waals surface area contributed by atoms with Crippen molar-refractivity contribution in [2.45, 2.75) is 24.5 Å². The molecule has 1 aliphatic rings. The van der Waals surface area contributed by atoms with Crippen molar-refractivity contribution in [3.05, 3.63) is 64.4 Å². The van der Waals surface area contributed by atoms with Gasteiger partial charge in [0.05, 0.1) is 16.7 Å². The number of aromatic nitrogens is 2. The Hall–Kier alpha value is -2.64. The Balaban J connectivity index is 1.57. The predicted molar refractivity (Wildman–Crippen MR) is 116 cm³/mol. The maximum Gasteiger partial charge on any atom is 0.262 e. The van der Waals surface area contributed by atoms with E-state index < -0.39 is 0 Å². The van der Waals surface area contributed by atoms with Crippen LogP contribution in [0.4, 0.5) is 5.69 Å². The van der Waals surface area contributed by atoms with Crippen LogP contribution in [0.5, 0.6) is 0 Å². The van der Waals surface area contributed by atoms with E-state index in [1.807, 2.05) is 41.3 Å². The van der Waals surface area contributed by atoms with E-state index in [0.29, 0.717) is 42.2 Å². The fourth-order valence-electron chi connectivity index (χ4n) is 3.62. The van der Waals surface area contributed by atoms with Crippen LogP contribution in [0.1, 0.15) is 12.0 Å². The summed E-state index contributed by atoms with van der Waals surface area (Å²) in [6.07, 6.45) is 1.58. The molecule has 1 aromatic heterocycles. The summed E-state index contributed by atoms with van der Waals surface area (Å²) < 4.78 is 6.79. The summed E-state index contributed by atoms with van der Waals surface area (Å²) in [5.74, 6) is 0.273. The second kappa shape index (κ2) is 8.80. The van der Waals surface area contributed by atoms with E-state index in [2.05, 4.69) is 11.1 Å². The number of methoxy groups -OCH3 is 1. The first kappa shape index (κ1) is 19.7. The minimum atomic E-state index is -0.0758. The summed E-state index contributed by atoms with van der Waals surface area (Å²) in [7, 11) is 1.64. The molecule has 0 N–H and O–H groups in total. The molecule has 0 bridgehead atoms. The minimum absolute atomic E-state index is 0.0331. The Labute approximate surface area is 173 Å². The molecule has 150 valence electrons. The number of thioether (sulfide) groups is 1. The Morgan fingerprint density at radius 3 is 2.83 bits per heavy atom. The molecule has 0 aliphatic carbocycles. The van der Waals surface area contributed by atoms with Gasteiger partial charge in [-0.1, -0.05) is 42.1 Å². The normalized spacial score (nSPS) is 13.1. The molecule has 0 saturated heterocycles. The fraction of sp³-hybridized carbons (Fsp3) is 0.318. The summed E-state index contributed by atoms with van der Waals surface area (Å²) in [5, 5.41) is 1.17. The van der Waals surface area contributed by atoms with Gasteiger partial charge in [-0.3, -0.25) is 14.2 Å². The number of hydrogen-bond acceptors (Lipinski definition) is 5. The molecule has 2 aromatic carbocycles. The van der Waals surface area contributed by atoms with Crippen LogP contribution in [0.2, 0.25) is 0 Å². The molecule has 6 nitrogen and oxygen atoms in total. The third kappa shape index (κ3) is 4.06. The van der Waals surface area contributed by atoms with Crippen LogP contribution in [-0.4, -0.2) is 41.5 Å². The van der Waals surface area contributed by atoms with Gasteiger partial charge in [-0.15, -0.1) is 0 Å². The minimum Gasteiger partial charge on any atom is -0.385 e. The molecular weight excluding hydrogens is 386 g/mol. The Kier molecular flexibility index (Phi) is 5.97. The molecule has 29 heavy (non-hydrogen) atoms. The average Bonchev–Trinajstić information content (AvgIpc) is 3.18. The fourth-order valence-corrected chi connectivity index (χ4v) is 4.52. The summed E-state index contributed by atoms with van der Waals surface area (Å²) in [6.45, 7) is 1.77. The molecule has 0 spiro atoms. The number of amides is 1. The highest BCUT2D eigenvalue weighted by molar-refractivity contribution is 7.99. The first-order valence-electron chi connectivity index (χ1n) is 9.68. The first-order chi connectivity index (χ1) is 14.2. The van der Waals surface area contributed by atoms with Crippen molar-refractivity contribution >= 4 is 34.3 Å². The number of para-hydroxylation sites is 2. The number of nitrogens with zero attached hydrogens (tertiary/aromatic N) is 3. The van der Waals surface area contributed by atoms with E-state index in [1.54, 1.807) is 17.7 Å². The number of fused-ring (bicyclic) bond motifs is 2. The van der Waals surface area contributed by atoms with Gasteiger partial charge < -0.3 is 9.64 Å².